The van der Waals surface area contributed by atoms with Crippen LogP contribution in [0.2, 0.25) is 0 Å². The molecular weight excluding hydrogens is 230 g/mol. The van der Waals surface area contributed by atoms with Crippen LogP contribution >= 0.6 is 0 Å². The summed E-state index contributed by atoms with van der Waals surface area (Å²) in [5.41, 5.74) is 1.59. The molecule has 1 aliphatic carbocycles. The Morgan fingerprint density at radius 2 is 1.72 bits per heavy atom. The second kappa shape index (κ2) is 4.37. The van der Waals surface area contributed by atoms with E-state index >= 15 is 0 Å². The summed E-state index contributed by atoms with van der Waals surface area (Å²) in [5, 5.41) is 9.71. The molecule has 1 aromatic rings. The number of rotatable bonds is 2. The number of hydrogen-bond acceptors (Lipinski definition) is 3. The fourth-order valence-electron chi connectivity index (χ4n) is 3.10. The SMILES string of the molecule is O=C(O)C1(N2CCOCC2)Cc2ccccc2C1. The summed E-state index contributed by atoms with van der Waals surface area (Å²) in [7, 11) is 0. The number of carboxylic acids is 1. The van der Waals surface area contributed by atoms with E-state index in [0.717, 1.165) is 0 Å². The topological polar surface area (TPSA) is 49.8 Å². The third-order valence-corrected chi connectivity index (χ3v) is 4.10. The molecule has 3 rings (SSSR count). The maximum absolute atomic E-state index is 11.8. The maximum atomic E-state index is 11.8. The second-order valence-electron chi connectivity index (χ2n) is 5.06. The van der Waals surface area contributed by atoms with Crippen LogP contribution in [0.1, 0.15) is 11.1 Å². The molecule has 0 saturated carbocycles. The third kappa shape index (κ3) is 1.72. The predicted octanol–water partition coefficient (Wildman–Crippen LogP) is 0.941. The normalized spacial score (nSPS) is 22.7. The van der Waals surface area contributed by atoms with E-state index in [1.54, 1.807) is 0 Å². The van der Waals surface area contributed by atoms with Crippen molar-refractivity contribution in [2.24, 2.45) is 0 Å². The van der Waals surface area contributed by atoms with Crippen molar-refractivity contribution in [1.29, 1.82) is 0 Å². The first-order valence-electron chi connectivity index (χ1n) is 6.35. The molecule has 18 heavy (non-hydrogen) atoms. The fraction of sp³-hybridized carbons (Fsp3) is 0.500. The van der Waals surface area contributed by atoms with Gasteiger partial charge in [-0.2, -0.15) is 0 Å². The van der Waals surface area contributed by atoms with Crippen molar-refractivity contribution >= 4 is 5.97 Å². The molecular formula is C14H17NO3. The number of aliphatic carboxylic acids is 1. The molecule has 0 bridgehead atoms. The van der Waals surface area contributed by atoms with Gasteiger partial charge in [0.2, 0.25) is 0 Å². The molecule has 1 N–H and O–H groups in total. The lowest BCUT2D eigenvalue weighted by Crippen LogP contribution is -2.59. The van der Waals surface area contributed by atoms with Gasteiger partial charge in [0.15, 0.2) is 0 Å². The molecule has 0 amide bonds. The lowest BCUT2D eigenvalue weighted by Gasteiger charge is -2.40. The Balaban J connectivity index is 1.93. The minimum absolute atomic E-state index is 0.610. The Morgan fingerprint density at radius 1 is 1.17 bits per heavy atom. The fourth-order valence-corrected chi connectivity index (χ4v) is 3.10. The zero-order valence-electron chi connectivity index (χ0n) is 10.3. The lowest BCUT2D eigenvalue weighted by molar-refractivity contribution is -0.154. The van der Waals surface area contributed by atoms with Crippen LogP contribution in [0.15, 0.2) is 24.3 Å². The molecule has 4 nitrogen and oxygen atoms in total. The number of fused-ring (bicyclic) bond motifs is 1. The second-order valence-corrected chi connectivity index (χ2v) is 5.06. The molecule has 1 heterocycles. The monoisotopic (exact) mass is 247 g/mol. The Kier molecular flexibility index (Phi) is 2.84. The van der Waals surface area contributed by atoms with Gasteiger partial charge in [-0.3, -0.25) is 9.69 Å². The van der Waals surface area contributed by atoms with Crippen molar-refractivity contribution in [2.45, 2.75) is 18.4 Å². The standard InChI is InChI=1S/C14H17NO3/c16-13(17)14(15-5-7-18-8-6-15)9-11-3-1-2-4-12(11)10-14/h1-4H,5-10H2,(H,16,17). The van der Waals surface area contributed by atoms with Crippen molar-refractivity contribution in [1.82, 2.24) is 4.90 Å². The molecule has 0 atom stereocenters. The van der Waals surface area contributed by atoms with E-state index < -0.39 is 11.5 Å². The van der Waals surface area contributed by atoms with Crippen molar-refractivity contribution in [2.75, 3.05) is 26.3 Å². The zero-order chi connectivity index (χ0) is 12.6. The number of carbonyl (C=O) groups is 1. The van der Waals surface area contributed by atoms with Gasteiger partial charge in [-0.25, -0.2) is 0 Å². The molecule has 1 aliphatic heterocycles. The molecule has 0 aromatic heterocycles. The Morgan fingerprint density at radius 3 is 2.22 bits per heavy atom. The first-order valence-corrected chi connectivity index (χ1v) is 6.35. The summed E-state index contributed by atoms with van der Waals surface area (Å²) in [6.07, 6.45) is 1.22. The summed E-state index contributed by atoms with van der Waals surface area (Å²) < 4.78 is 5.33. The highest BCUT2D eigenvalue weighted by Gasteiger charge is 2.48. The van der Waals surface area contributed by atoms with Gasteiger partial charge in [-0.05, 0) is 11.1 Å². The first-order chi connectivity index (χ1) is 8.72. The van der Waals surface area contributed by atoms with E-state index in [4.69, 9.17) is 4.74 Å². The van der Waals surface area contributed by atoms with Crippen LogP contribution in [0.25, 0.3) is 0 Å². The van der Waals surface area contributed by atoms with Crippen LogP contribution in [-0.4, -0.2) is 47.8 Å². The number of morpholine rings is 1. The van der Waals surface area contributed by atoms with E-state index in [2.05, 4.69) is 4.90 Å². The lowest BCUT2D eigenvalue weighted by atomic mass is 9.93. The molecule has 4 heteroatoms. The maximum Gasteiger partial charge on any atom is 0.324 e. The summed E-state index contributed by atoms with van der Waals surface area (Å²) in [4.78, 5) is 13.9. The van der Waals surface area contributed by atoms with Crippen molar-refractivity contribution in [3.05, 3.63) is 35.4 Å². The van der Waals surface area contributed by atoms with E-state index in [1.807, 2.05) is 24.3 Å². The van der Waals surface area contributed by atoms with Gasteiger partial charge in [0.1, 0.15) is 5.54 Å². The Labute approximate surface area is 106 Å². The largest absolute Gasteiger partial charge is 0.480 e. The van der Waals surface area contributed by atoms with Gasteiger partial charge in [0.25, 0.3) is 0 Å². The molecule has 0 radical (unpaired) electrons. The number of benzene rings is 1. The summed E-state index contributed by atoms with van der Waals surface area (Å²) in [6, 6.07) is 8.05. The molecule has 0 spiro atoms. The van der Waals surface area contributed by atoms with Crippen molar-refractivity contribution < 1.29 is 14.6 Å². The van der Waals surface area contributed by atoms with Gasteiger partial charge in [0.05, 0.1) is 13.2 Å². The number of hydrogen-bond donors (Lipinski definition) is 1. The van der Waals surface area contributed by atoms with Gasteiger partial charge >= 0.3 is 5.97 Å². The van der Waals surface area contributed by atoms with E-state index in [1.165, 1.54) is 11.1 Å². The highest BCUT2D eigenvalue weighted by Crippen LogP contribution is 2.35. The van der Waals surface area contributed by atoms with E-state index in [-0.39, 0.29) is 0 Å². The molecule has 1 saturated heterocycles. The number of carboxylic acid groups (broad SMARTS) is 1. The minimum Gasteiger partial charge on any atom is -0.480 e. The summed E-state index contributed by atoms with van der Waals surface area (Å²) in [5.74, 6) is -0.708. The van der Waals surface area contributed by atoms with Crippen LogP contribution in [-0.2, 0) is 22.4 Å². The third-order valence-electron chi connectivity index (χ3n) is 4.10. The molecule has 0 unspecified atom stereocenters. The molecule has 96 valence electrons. The quantitative estimate of drug-likeness (QED) is 0.845. The van der Waals surface area contributed by atoms with Crippen molar-refractivity contribution in [3.8, 4) is 0 Å². The number of ether oxygens (including phenoxy) is 1. The van der Waals surface area contributed by atoms with Crippen LogP contribution in [0.3, 0.4) is 0 Å². The predicted molar refractivity (Wildman–Crippen MR) is 66.6 cm³/mol. The summed E-state index contributed by atoms with van der Waals surface area (Å²) in [6.45, 7) is 2.68. The van der Waals surface area contributed by atoms with Gasteiger partial charge < -0.3 is 9.84 Å². The van der Waals surface area contributed by atoms with Gasteiger partial charge in [0, 0.05) is 25.9 Å². The Hall–Kier alpha value is -1.39. The summed E-state index contributed by atoms with van der Waals surface area (Å²) >= 11 is 0. The highest BCUT2D eigenvalue weighted by molar-refractivity contribution is 5.81. The van der Waals surface area contributed by atoms with Crippen molar-refractivity contribution in [3.63, 3.8) is 0 Å². The van der Waals surface area contributed by atoms with Crippen LogP contribution in [0.5, 0.6) is 0 Å². The minimum atomic E-state index is -0.756. The first kappa shape index (κ1) is 11.7. The zero-order valence-corrected chi connectivity index (χ0v) is 10.3. The average molecular weight is 247 g/mol. The van der Waals surface area contributed by atoms with Gasteiger partial charge in [-0.1, -0.05) is 24.3 Å². The van der Waals surface area contributed by atoms with Crippen LogP contribution in [0.4, 0.5) is 0 Å². The Bertz CT molecular complexity index is 441. The smallest absolute Gasteiger partial charge is 0.324 e. The van der Waals surface area contributed by atoms with Crippen LogP contribution < -0.4 is 0 Å². The van der Waals surface area contributed by atoms with E-state index in [0.29, 0.717) is 39.1 Å². The highest BCUT2D eigenvalue weighted by atomic mass is 16.5. The van der Waals surface area contributed by atoms with Gasteiger partial charge in [-0.15, -0.1) is 0 Å². The average Bonchev–Trinajstić information content (AvgIpc) is 2.80. The van der Waals surface area contributed by atoms with E-state index in [9.17, 15) is 9.90 Å². The number of nitrogens with zero attached hydrogens (tertiary/aromatic N) is 1. The van der Waals surface area contributed by atoms with Crippen LogP contribution in [0, 0.1) is 0 Å². The molecule has 2 aliphatic rings. The molecule has 1 aromatic carbocycles. The molecule has 1 fully saturated rings.